The summed E-state index contributed by atoms with van der Waals surface area (Å²) in [6, 6.07) is 7.34. The summed E-state index contributed by atoms with van der Waals surface area (Å²) < 4.78 is 0. The van der Waals surface area contributed by atoms with Crippen LogP contribution in [0, 0.1) is 6.92 Å². The van der Waals surface area contributed by atoms with Gasteiger partial charge in [-0.2, -0.15) is 0 Å². The number of carbonyl (C=O) groups is 1. The van der Waals surface area contributed by atoms with Gasteiger partial charge >= 0.3 is 0 Å². The van der Waals surface area contributed by atoms with E-state index in [1.165, 1.54) is 0 Å². The van der Waals surface area contributed by atoms with E-state index in [-0.39, 0.29) is 17.9 Å². The maximum absolute atomic E-state index is 12.0. The van der Waals surface area contributed by atoms with E-state index in [2.05, 4.69) is 20.3 Å². The Labute approximate surface area is 136 Å². The van der Waals surface area contributed by atoms with Gasteiger partial charge in [0.15, 0.2) is 0 Å². The van der Waals surface area contributed by atoms with Crippen molar-refractivity contribution in [3.63, 3.8) is 0 Å². The molecule has 2 aromatic heterocycles. The third kappa shape index (κ3) is 3.81. The van der Waals surface area contributed by atoms with Crippen LogP contribution in [0.15, 0.2) is 34.4 Å². The molecule has 0 unspecified atom stereocenters. The summed E-state index contributed by atoms with van der Waals surface area (Å²) >= 11 is 1.55. The molecule has 3 rings (SSSR count). The van der Waals surface area contributed by atoms with Gasteiger partial charge in [-0.05, 0) is 19.1 Å². The molecule has 0 bridgehead atoms. The monoisotopic (exact) mass is 328 g/mol. The highest BCUT2D eigenvalue weighted by Gasteiger charge is 2.08. The number of nitrogens with one attached hydrogen (secondary N) is 2. The van der Waals surface area contributed by atoms with Gasteiger partial charge in [0, 0.05) is 18.2 Å². The molecule has 0 aliphatic rings. The lowest BCUT2D eigenvalue weighted by Crippen LogP contribution is -2.25. The van der Waals surface area contributed by atoms with E-state index in [0.29, 0.717) is 24.2 Å². The van der Waals surface area contributed by atoms with E-state index in [4.69, 9.17) is 0 Å². The van der Waals surface area contributed by atoms with Crippen LogP contribution in [0.4, 0.5) is 0 Å². The molecule has 2 N–H and O–H groups in total. The summed E-state index contributed by atoms with van der Waals surface area (Å²) in [5.41, 5.74) is 2.41. The molecule has 6 nitrogen and oxygen atoms in total. The Balaban J connectivity index is 1.60. The van der Waals surface area contributed by atoms with Gasteiger partial charge in [0.05, 0.1) is 28.3 Å². The lowest BCUT2D eigenvalue weighted by atomic mass is 10.2. The van der Waals surface area contributed by atoms with Gasteiger partial charge < -0.3 is 10.3 Å². The number of aromatic nitrogens is 3. The fraction of sp³-hybridized carbons (Fsp3) is 0.250. The van der Waals surface area contributed by atoms with Gasteiger partial charge in [0.25, 0.3) is 5.56 Å². The van der Waals surface area contributed by atoms with E-state index in [0.717, 1.165) is 16.2 Å². The number of amides is 1. The molecule has 1 aromatic carbocycles. The number of H-pyrrole nitrogens is 1. The predicted molar refractivity (Wildman–Crippen MR) is 89.4 cm³/mol. The lowest BCUT2D eigenvalue weighted by Gasteiger charge is -2.04. The first-order chi connectivity index (χ1) is 11.1. The van der Waals surface area contributed by atoms with Crippen molar-refractivity contribution in [2.75, 3.05) is 0 Å². The van der Waals surface area contributed by atoms with Gasteiger partial charge in [0.1, 0.15) is 5.69 Å². The van der Waals surface area contributed by atoms with Crippen molar-refractivity contribution in [1.29, 1.82) is 0 Å². The fourth-order valence-electron chi connectivity index (χ4n) is 2.24. The SMILES string of the molecule is Cc1nc(CNC(=O)CCc2nc3ccccc3[nH]c2=O)cs1. The second-order valence-corrected chi connectivity index (χ2v) is 6.23. The molecular formula is C16H16N4O2S. The first kappa shape index (κ1) is 15.4. The third-order valence-electron chi connectivity index (χ3n) is 3.39. The van der Waals surface area contributed by atoms with Crippen molar-refractivity contribution >= 4 is 28.3 Å². The Bertz CT molecular complexity index is 900. The van der Waals surface area contributed by atoms with Gasteiger partial charge in [-0.3, -0.25) is 9.59 Å². The molecule has 23 heavy (non-hydrogen) atoms. The number of benzene rings is 1. The van der Waals surface area contributed by atoms with E-state index in [1.54, 1.807) is 17.4 Å². The van der Waals surface area contributed by atoms with Gasteiger partial charge in [-0.25, -0.2) is 9.97 Å². The molecule has 0 saturated heterocycles. The molecule has 0 fully saturated rings. The number of aryl methyl sites for hydroxylation is 2. The number of hydrogen-bond donors (Lipinski definition) is 2. The molecule has 0 atom stereocenters. The smallest absolute Gasteiger partial charge is 0.270 e. The van der Waals surface area contributed by atoms with Crippen LogP contribution in [0.25, 0.3) is 11.0 Å². The number of nitrogens with zero attached hydrogens (tertiary/aromatic N) is 2. The lowest BCUT2D eigenvalue weighted by molar-refractivity contribution is -0.121. The topological polar surface area (TPSA) is 87.7 Å². The summed E-state index contributed by atoms with van der Waals surface area (Å²) in [7, 11) is 0. The van der Waals surface area contributed by atoms with Crippen molar-refractivity contribution in [1.82, 2.24) is 20.3 Å². The van der Waals surface area contributed by atoms with Crippen molar-refractivity contribution in [3.8, 4) is 0 Å². The highest BCUT2D eigenvalue weighted by Crippen LogP contribution is 2.08. The Morgan fingerprint density at radius 1 is 1.30 bits per heavy atom. The summed E-state index contributed by atoms with van der Waals surface area (Å²) in [6.07, 6.45) is 0.527. The molecule has 0 aliphatic carbocycles. The maximum Gasteiger partial charge on any atom is 0.270 e. The fourth-order valence-corrected chi connectivity index (χ4v) is 2.85. The standard InChI is InChI=1S/C16H16N4O2S/c1-10-18-11(9-23-10)8-17-15(21)7-6-14-16(22)20-13-5-3-2-4-12(13)19-14/h2-5,9H,6-8H2,1H3,(H,17,21)(H,20,22). The molecular weight excluding hydrogens is 312 g/mol. The number of carbonyl (C=O) groups excluding carboxylic acids is 1. The van der Waals surface area contributed by atoms with Crippen molar-refractivity contribution < 1.29 is 4.79 Å². The molecule has 2 heterocycles. The van der Waals surface area contributed by atoms with Crippen LogP contribution >= 0.6 is 11.3 Å². The number of fused-ring (bicyclic) bond motifs is 1. The second-order valence-electron chi connectivity index (χ2n) is 5.16. The quantitative estimate of drug-likeness (QED) is 0.749. The van der Waals surface area contributed by atoms with Crippen molar-refractivity contribution in [2.45, 2.75) is 26.3 Å². The Morgan fingerprint density at radius 3 is 2.91 bits per heavy atom. The largest absolute Gasteiger partial charge is 0.350 e. The highest BCUT2D eigenvalue weighted by molar-refractivity contribution is 7.09. The zero-order chi connectivity index (χ0) is 16.2. The summed E-state index contributed by atoms with van der Waals surface area (Å²) in [5.74, 6) is -0.120. The normalized spacial score (nSPS) is 10.8. The van der Waals surface area contributed by atoms with Crippen molar-refractivity contribution in [3.05, 3.63) is 56.4 Å². The van der Waals surface area contributed by atoms with Crippen LogP contribution in [-0.2, 0) is 17.8 Å². The predicted octanol–water partition coefficient (Wildman–Crippen LogP) is 1.94. The van der Waals surface area contributed by atoms with Gasteiger partial charge in [0.2, 0.25) is 5.91 Å². The minimum atomic E-state index is -0.244. The summed E-state index contributed by atoms with van der Waals surface area (Å²) in [6.45, 7) is 2.33. The maximum atomic E-state index is 12.0. The number of aromatic amines is 1. The van der Waals surface area contributed by atoms with Gasteiger partial charge in [-0.1, -0.05) is 12.1 Å². The molecule has 0 spiro atoms. The molecule has 7 heteroatoms. The number of hydrogen-bond acceptors (Lipinski definition) is 5. The Hall–Kier alpha value is -2.54. The summed E-state index contributed by atoms with van der Waals surface area (Å²) in [4.78, 5) is 35.3. The molecule has 0 aliphatic heterocycles. The number of para-hydroxylation sites is 2. The first-order valence-electron chi connectivity index (χ1n) is 7.27. The highest BCUT2D eigenvalue weighted by atomic mass is 32.1. The molecule has 0 radical (unpaired) electrons. The molecule has 1 amide bonds. The van der Waals surface area contributed by atoms with E-state index < -0.39 is 0 Å². The Kier molecular flexibility index (Phi) is 4.47. The minimum Gasteiger partial charge on any atom is -0.350 e. The molecule has 3 aromatic rings. The van der Waals surface area contributed by atoms with E-state index >= 15 is 0 Å². The third-order valence-corrected chi connectivity index (χ3v) is 4.21. The first-order valence-corrected chi connectivity index (χ1v) is 8.15. The van der Waals surface area contributed by atoms with Crippen LogP contribution in [-0.4, -0.2) is 20.9 Å². The summed E-state index contributed by atoms with van der Waals surface area (Å²) in [5, 5.41) is 5.70. The van der Waals surface area contributed by atoms with Crippen LogP contribution in [0.3, 0.4) is 0 Å². The average Bonchev–Trinajstić information content (AvgIpc) is 2.96. The molecule has 0 saturated carbocycles. The molecule has 118 valence electrons. The average molecular weight is 328 g/mol. The van der Waals surface area contributed by atoms with Crippen LogP contribution < -0.4 is 10.9 Å². The van der Waals surface area contributed by atoms with E-state index in [9.17, 15) is 9.59 Å². The number of thiazole rings is 1. The Morgan fingerprint density at radius 2 is 2.13 bits per heavy atom. The van der Waals surface area contributed by atoms with Gasteiger partial charge in [-0.15, -0.1) is 11.3 Å². The van der Waals surface area contributed by atoms with Crippen LogP contribution in [0.2, 0.25) is 0 Å². The second kappa shape index (κ2) is 6.70. The van der Waals surface area contributed by atoms with Crippen molar-refractivity contribution in [2.24, 2.45) is 0 Å². The van der Waals surface area contributed by atoms with Crippen LogP contribution in [0.5, 0.6) is 0 Å². The zero-order valence-corrected chi connectivity index (χ0v) is 13.4. The minimum absolute atomic E-state index is 0.120. The zero-order valence-electron chi connectivity index (χ0n) is 12.6. The number of rotatable bonds is 5. The van der Waals surface area contributed by atoms with E-state index in [1.807, 2.05) is 30.5 Å². The van der Waals surface area contributed by atoms with Crippen LogP contribution in [0.1, 0.15) is 22.8 Å².